The molecular weight excluding hydrogens is 208 g/mol. The van der Waals surface area contributed by atoms with E-state index in [9.17, 15) is 9.59 Å². The largest absolute Gasteiger partial charge is 0.461 e. The van der Waals surface area contributed by atoms with Gasteiger partial charge in [-0.1, -0.05) is 12.7 Å². The van der Waals surface area contributed by atoms with Gasteiger partial charge in [0.1, 0.15) is 12.2 Å². The predicted molar refractivity (Wildman–Crippen MR) is 60.9 cm³/mol. The van der Waals surface area contributed by atoms with Crippen molar-refractivity contribution in [1.82, 2.24) is 0 Å². The fourth-order valence-corrected chi connectivity index (χ4v) is 0.994. The molecule has 92 valence electrons. The lowest BCUT2D eigenvalue weighted by atomic mass is 10.2. The molecule has 4 heteroatoms. The van der Waals surface area contributed by atoms with Gasteiger partial charge in [-0.2, -0.15) is 0 Å². The fraction of sp³-hybridized carbons (Fsp3) is 0.667. The number of esters is 2. The minimum absolute atomic E-state index is 0.214. The monoisotopic (exact) mass is 228 g/mol. The first-order chi connectivity index (χ1) is 7.35. The molecule has 0 saturated heterocycles. The lowest BCUT2D eigenvalue weighted by molar-refractivity contribution is -0.155. The number of rotatable bonds is 6. The third kappa shape index (κ3) is 9.24. The third-order valence-electron chi connectivity index (χ3n) is 1.54. The molecule has 0 N–H and O–H groups in total. The Balaban J connectivity index is 3.62. The van der Waals surface area contributed by atoms with Crippen LogP contribution in [-0.4, -0.2) is 24.1 Å². The molecule has 4 nitrogen and oxygen atoms in total. The molecule has 0 aliphatic carbocycles. The molecule has 0 aliphatic rings. The van der Waals surface area contributed by atoms with Crippen LogP contribution in [0.4, 0.5) is 0 Å². The van der Waals surface area contributed by atoms with Gasteiger partial charge in [0, 0.05) is 12.8 Å². The van der Waals surface area contributed by atoms with Crippen LogP contribution in [0.25, 0.3) is 0 Å². The van der Waals surface area contributed by atoms with Gasteiger partial charge in [0.2, 0.25) is 0 Å². The van der Waals surface area contributed by atoms with E-state index in [1.807, 2.05) is 20.8 Å². The highest BCUT2D eigenvalue weighted by Crippen LogP contribution is 2.10. The number of ether oxygens (including phenoxy) is 2. The highest BCUT2D eigenvalue weighted by molar-refractivity contribution is 5.72. The number of carbonyl (C=O) groups is 2. The van der Waals surface area contributed by atoms with Crippen LogP contribution in [0.3, 0.4) is 0 Å². The van der Waals surface area contributed by atoms with E-state index in [1.165, 1.54) is 6.08 Å². The molecule has 0 saturated carbocycles. The molecule has 0 aromatic carbocycles. The van der Waals surface area contributed by atoms with Gasteiger partial charge >= 0.3 is 11.9 Å². The predicted octanol–water partition coefficient (Wildman–Crippen LogP) is 2.23. The summed E-state index contributed by atoms with van der Waals surface area (Å²) in [5.41, 5.74) is -0.472. The second-order valence-corrected chi connectivity index (χ2v) is 4.41. The van der Waals surface area contributed by atoms with Gasteiger partial charge in [0.05, 0.1) is 0 Å². The van der Waals surface area contributed by atoms with Crippen molar-refractivity contribution in [2.24, 2.45) is 0 Å². The molecule has 0 radical (unpaired) electrons. The van der Waals surface area contributed by atoms with Crippen molar-refractivity contribution >= 4 is 11.9 Å². The lowest BCUT2D eigenvalue weighted by Crippen LogP contribution is -2.23. The summed E-state index contributed by atoms with van der Waals surface area (Å²) in [6, 6.07) is 0. The molecule has 0 atom stereocenters. The summed E-state index contributed by atoms with van der Waals surface area (Å²) in [7, 11) is 0. The maximum atomic E-state index is 11.3. The molecule has 0 bridgehead atoms. The van der Waals surface area contributed by atoms with Crippen LogP contribution in [-0.2, 0) is 19.1 Å². The van der Waals surface area contributed by atoms with Crippen molar-refractivity contribution in [3.8, 4) is 0 Å². The van der Waals surface area contributed by atoms with E-state index in [2.05, 4.69) is 6.58 Å². The van der Waals surface area contributed by atoms with Crippen molar-refractivity contribution in [2.75, 3.05) is 6.61 Å². The smallest absolute Gasteiger partial charge is 0.306 e. The fourth-order valence-electron chi connectivity index (χ4n) is 0.994. The van der Waals surface area contributed by atoms with E-state index in [-0.39, 0.29) is 31.4 Å². The molecule has 0 heterocycles. The van der Waals surface area contributed by atoms with Crippen LogP contribution < -0.4 is 0 Å². The Bertz CT molecular complexity index is 250. The van der Waals surface area contributed by atoms with Crippen LogP contribution in [0.15, 0.2) is 12.7 Å². The van der Waals surface area contributed by atoms with Crippen LogP contribution in [0.2, 0.25) is 0 Å². The highest BCUT2D eigenvalue weighted by atomic mass is 16.6. The van der Waals surface area contributed by atoms with Gasteiger partial charge in [-0.15, -0.1) is 0 Å². The van der Waals surface area contributed by atoms with E-state index in [0.29, 0.717) is 6.42 Å². The van der Waals surface area contributed by atoms with Gasteiger partial charge in [-0.25, -0.2) is 0 Å². The minimum Gasteiger partial charge on any atom is -0.461 e. The average molecular weight is 228 g/mol. The lowest BCUT2D eigenvalue weighted by Gasteiger charge is -2.19. The van der Waals surface area contributed by atoms with Crippen molar-refractivity contribution in [2.45, 2.75) is 45.6 Å². The number of carbonyl (C=O) groups excluding carboxylic acids is 2. The summed E-state index contributed by atoms with van der Waals surface area (Å²) >= 11 is 0. The summed E-state index contributed by atoms with van der Waals surface area (Å²) in [5.74, 6) is -0.604. The molecule has 0 unspecified atom stereocenters. The zero-order chi connectivity index (χ0) is 12.6. The minimum atomic E-state index is -0.472. The standard InChI is InChI=1S/C12H20O4/c1-5-9-15-10(13)7-6-8-11(14)16-12(2,3)4/h5H,1,6-9H2,2-4H3. The summed E-state index contributed by atoms with van der Waals surface area (Å²) < 4.78 is 9.86. The van der Waals surface area contributed by atoms with Crippen LogP contribution >= 0.6 is 0 Å². The van der Waals surface area contributed by atoms with Crippen LogP contribution in [0, 0.1) is 0 Å². The first-order valence-corrected chi connectivity index (χ1v) is 5.33. The van der Waals surface area contributed by atoms with Crippen molar-refractivity contribution in [1.29, 1.82) is 0 Å². The normalized spacial score (nSPS) is 10.7. The van der Waals surface area contributed by atoms with Crippen molar-refractivity contribution in [3.05, 3.63) is 12.7 Å². The molecule has 0 aliphatic heterocycles. The molecule has 16 heavy (non-hydrogen) atoms. The van der Waals surface area contributed by atoms with Gasteiger partial charge in [0.25, 0.3) is 0 Å². The Labute approximate surface area is 96.6 Å². The first-order valence-electron chi connectivity index (χ1n) is 5.33. The second kappa shape index (κ2) is 7.04. The second-order valence-electron chi connectivity index (χ2n) is 4.41. The zero-order valence-electron chi connectivity index (χ0n) is 10.2. The molecule has 0 fully saturated rings. The van der Waals surface area contributed by atoms with Crippen molar-refractivity contribution in [3.63, 3.8) is 0 Å². The van der Waals surface area contributed by atoms with Gasteiger partial charge in [0.15, 0.2) is 0 Å². The zero-order valence-corrected chi connectivity index (χ0v) is 10.2. The molecular formula is C12H20O4. The van der Waals surface area contributed by atoms with E-state index in [4.69, 9.17) is 9.47 Å². The Morgan fingerprint density at radius 2 is 1.75 bits per heavy atom. The SMILES string of the molecule is C=CCOC(=O)CCCC(=O)OC(C)(C)C. The molecule has 0 aromatic heterocycles. The molecule has 0 amide bonds. The summed E-state index contributed by atoms with van der Waals surface area (Å²) in [5, 5.41) is 0. The summed E-state index contributed by atoms with van der Waals surface area (Å²) in [4.78, 5) is 22.3. The van der Waals surface area contributed by atoms with Crippen molar-refractivity contribution < 1.29 is 19.1 Å². The van der Waals surface area contributed by atoms with Gasteiger partial charge in [-0.3, -0.25) is 9.59 Å². The Morgan fingerprint density at radius 3 is 2.25 bits per heavy atom. The Morgan fingerprint density at radius 1 is 1.19 bits per heavy atom. The molecule has 0 aromatic rings. The summed E-state index contributed by atoms with van der Waals surface area (Å²) in [6.07, 6.45) is 2.42. The third-order valence-corrected chi connectivity index (χ3v) is 1.54. The maximum absolute atomic E-state index is 11.3. The van der Waals surface area contributed by atoms with Crippen LogP contribution in [0.5, 0.6) is 0 Å². The van der Waals surface area contributed by atoms with E-state index in [1.54, 1.807) is 0 Å². The topological polar surface area (TPSA) is 52.6 Å². The van der Waals surface area contributed by atoms with Gasteiger partial charge in [-0.05, 0) is 27.2 Å². The van der Waals surface area contributed by atoms with E-state index < -0.39 is 5.60 Å². The van der Waals surface area contributed by atoms with Gasteiger partial charge < -0.3 is 9.47 Å². The number of hydrogen-bond acceptors (Lipinski definition) is 4. The average Bonchev–Trinajstić information content (AvgIpc) is 2.11. The summed E-state index contributed by atoms with van der Waals surface area (Å²) in [6.45, 7) is 9.07. The van der Waals surface area contributed by atoms with E-state index >= 15 is 0 Å². The number of hydrogen-bond donors (Lipinski definition) is 0. The molecule has 0 spiro atoms. The first kappa shape index (κ1) is 14.7. The maximum Gasteiger partial charge on any atom is 0.306 e. The molecule has 0 rings (SSSR count). The van der Waals surface area contributed by atoms with Crippen LogP contribution in [0.1, 0.15) is 40.0 Å². The Hall–Kier alpha value is -1.32. The Kier molecular flexibility index (Phi) is 6.46. The quantitative estimate of drug-likeness (QED) is 0.516. The highest BCUT2D eigenvalue weighted by Gasteiger charge is 2.16. The van der Waals surface area contributed by atoms with E-state index in [0.717, 1.165) is 0 Å².